The zero-order valence-corrected chi connectivity index (χ0v) is 11.5. The van der Waals surface area contributed by atoms with Gasteiger partial charge < -0.3 is 23.4 Å². The first-order valence-corrected chi connectivity index (χ1v) is 6.40. The predicted molar refractivity (Wildman–Crippen MR) is 57.4 cm³/mol. The fourth-order valence-electron chi connectivity index (χ4n) is 0.970. The van der Waals surface area contributed by atoms with Crippen molar-refractivity contribution in [1.82, 2.24) is 0 Å². The Bertz CT molecular complexity index is 354. The van der Waals surface area contributed by atoms with Crippen LogP contribution in [0.25, 0.3) is 0 Å². The van der Waals surface area contributed by atoms with Crippen molar-refractivity contribution in [3.05, 3.63) is 0 Å². The third-order valence-electron chi connectivity index (χ3n) is 1.72. The minimum absolute atomic E-state index is 0.328. The maximum atomic E-state index is 11.0. The Balaban J connectivity index is 4.60. The van der Waals surface area contributed by atoms with Crippen molar-refractivity contribution >= 4 is 19.8 Å². The summed E-state index contributed by atoms with van der Waals surface area (Å²) in [6, 6.07) is 0. The average molecular weight is 283 g/mol. The fraction of sp³-hybridized carbons (Fsp3) is 0.778. The maximum Gasteiger partial charge on any atom is 0.303 e. The van der Waals surface area contributed by atoms with Crippen LogP contribution in [-0.2, 0) is 32.7 Å². The summed E-state index contributed by atoms with van der Waals surface area (Å²) in [5, 5.41) is 0. The zero-order chi connectivity index (χ0) is 14.4. The van der Waals surface area contributed by atoms with Crippen LogP contribution in [-0.4, -0.2) is 37.9 Å². The highest BCUT2D eigenvalue weighted by Gasteiger charge is 2.31. The summed E-state index contributed by atoms with van der Waals surface area (Å²) >= 11 is 0. The van der Waals surface area contributed by atoms with Gasteiger partial charge in [0.15, 0.2) is 5.60 Å². The Morgan fingerprint density at radius 2 is 1.78 bits per heavy atom. The van der Waals surface area contributed by atoms with Crippen molar-refractivity contribution in [3.8, 4) is 0 Å². The number of carbonyl (C=O) groups is 2. The number of hydrogen-bond donors (Lipinski definition) is 0. The van der Waals surface area contributed by atoms with Gasteiger partial charge in [0, 0.05) is 21.0 Å². The smallest absolute Gasteiger partial charge is 0.303 e. The summed E-state index contributed by atoms with van der Waals surface area (Å²) in [5.41, 5.74) is -1.41. The van der Waals surface area contributed by atoms with Crippen molar-refractivity contribution in [2.75, 3.05) is 20.3 Å². The second kappa shape index (κ2) is 6.84. The standard InChI is InChI=1S/C9H17O8P/c1-7(10)15-5-9(3,17-8(2)11)6-16-18(12,13)14-4/h5-6H2,1-4H3,(H,12,13)/p-1/t9-/m1/s1. The van der Waals surface area contributed by atoms with E-state index in [0.29, 0.717) is 0 Å². The van der Waals surface area contributed by atoms with E-state index in [1.54, 1.807) is 0 Å². The first-order chi connectivity index (χ1) is 8.10. The van der Waals surface area contributed by atoms with E-state index in [2.05, 4.69) is 13.8 Å². The van der Waals surface area contributed by atoms with Crippen LogP contribution in [0.2, 0.25) is 0 Å². The van der Waals surface area contributed by atoms with Gasteiger partial charge in [0.2, 0.25) is 0 Å². The Labute approximate surface area is 105 Å². The van der Waals surface area contributed by atoms with Gasteiger partial charge in [-0.3, -0.25) is 14.2 Å². The largest absolute Gasteiger partial charge is 0.756 e. The van der Waals surface area contributed by atoms with Crippen molar-refractivity contribution in [1.29, 1.82) is 0 Å². The third-order valence-corrected chi connectivity index (χ3v) is 2.62. The molecule has 0 saturated heterocycles. The van der Waals surface area contributed by atoms with E-state index < -0.39 is 32.0 Å². The second-order valence-corrected chi connectivity index (χ2v) is 5.24. The van der Waals surface area contributed by atoms with E-state index in [1.165, 1.54) is 13.8 Å². The van der Waals surface area contributed by atoms with Gasteiger partial charge in [-0.05, 0) is 6.92 Å². The molecule has 0 amide bonds. The van der Waals surface area contributed by atoms with Gasteiger partial charge >= 0.3 is 11.9 Å². The fourth-order valence-corrected chi connectivity index (χ4v) is 1.51. The van der Waals surface area contributed by atoms with Crippen molar-refractivity contribution < 1.29 is 37.6 Å². The first-order valence-electron chi connectivity index (χ1n) is 4.94. The molecule has 18 heavy (non-hydrogen) atoms. The molecule has 0 radical (unpaired) electrons. The molecule has 0 spiro atoms. The molecular formula is C9H16O8P-. The van der Waals surface area contributed by atoms with E-state index in [1.807, 2.05) is 0 Å². The molecular weight excluding hydrogens is 267 g/mol. The van der Waals surface area contributed by atoms with E-state index >= 15 is 0 Å². The Kier molecular flexibility index (Phi) is 6.48. The lowest BCUT2D eigenvalue weighted by atomic mass is 10.1. The summed E-state index contributed by atoms with van der Waals surface area (Å²) in [7, 11) is -3.51. The Morgan fingerprint density at radius 1 is 1.22 bits per heavy atom. The van der Waals surface area contributed by atoms with Gasteiger partial charge in [0.25, 0.3) is 7.82 Å². The summed E-state index contributed by atoms with van der Waals surface area (Å²) in [6.45, 7) is 2.83. The van der Waals surface area contributed by atoms with Gasteiger partial charge in [-0.2, -0.15) is 0 Å². The van der Waals surface area contributed by atoms with Crippen molar-refractivity contribution in [2.45, 2.75) is 26.4 Å². The van der Waals surface area contributed by atoms with Gasteiger partial charge in [-0.15, -0.1) is 0 Å². The minimum Gasteiger partial charge on any atom is -0.756 e. The average Bonchev–Trinajstić information content (AvgIpc) is 2.23. The Hall–Kier alpha value is -0.950. The number of phosphoric ester groups is 1. The molecule has 0 aromatic heterocycles. The molecule has 8 nitrogen and oxygen atoms in total. The molecule has 0 saturated carbocycles. The topological polar surface area (TPSA) is 111 Å². The van der Waals surface area contributed by atoms with Crippen molar-refractivity contribution in [3.63, 3.8) is 0 Å². The van der Waals surface area contributed by atoms with Crippen LogP contribution >= 0.6 is 7.82 Å². The molecule has 106 valence electrons. The highest BCUT2D eigenvalue weighted by molar-refractivity contribution is 7.45. The normalized spacial score (nSPS) is 17.4. The van der Waals surface area contributed by atoms with Gasteiger partial charge in [-0.25, -0.2) is 0 Å². The van der Waals surface area contributed by atoms with Gasteiger partial charge in [-0.1, -0.05) is 0 Å². The van der Waals surface area contributed by atoms with Crippen LogP contribution in [0, 0.1) is 0 Å². The lowest BCUT2D eigenvalue weighted by Crippen LogP contribution is -2.41. The molecule has 1 unspecified atom stereocenters. The number of carbonyl (C=O) groups excluding carboxylic acids is 2. The quantitative estimate of drug-likeness (QED) is 0.474. The number of esters is 2. The summed E-state index contributed by atoms with van der Waals surface area (Å²) in [5.74, 6) is -1.25. The number of ether oxygens (including phenoxy) is 2. The summed E-state index contributed by atoms with van der Waals surface area (Å²) in [6.07, 6.45) is 0. The maximum absolute atomic E-state index is 11.0. The van der Waals surface area contributed by atoms with Crippen LogP contribution in [0.4, 0.5) is 0 Å². The highest BCUT2D eigenvalue weighted by atomic mass is 31.2. The Morgan fingerprint density at radius 3 is 2.17 bits per heavy atom. The molecule has 0 bridgehead atoms. The number of rotatable bonds is 7. The van der Waals surface area contributed by atoms with E-state index in [9.17, 15) is 19.0 Å². The van der Waals surface area contributed by atoms with Crippen LogP contribution in [0.15, 0.2) is 0 Å². The minimum atomic E-state index is -4.44. The number of hydrogen-bond acceptors (Lipinski definition) is 8. The highest BCUT2D eigenvalue weighted by Crippen LogP contribution is 2.38. The third kappa shape index (κ3) is 7.39. The van der Waals surface area contributed by atoms with Crippen molar-refractivity contribution in [2.24, 2.45) is 0 Å². The summed E-state index contributed by atoms with van der Waals surface area (Å²) < 4.78 is 29.1. The molecule has 0 heterocycles. The lowest BCUT2D eigenvalue weighted by Gasteiger charge is -2.31. The molecule has 0 aliphatic rings. The number of phosphoric acid groups is 1. The summed E-state index contributed by atoms with van der Waals surface area (Å²) in [4.78, 5) is 32.6. The van der Waals surface area contributed by atoms with Crippen LogP contribution in [0.5, 0.6) is 0 Å². The van der Waals surface area contributed by atoms with Gasteiger partial charge in [0.05, 0.1) is 6.61 Å². The molecule has 0 aliphatic carbocycles. The molecule has 0 aromatic rings. The second-order valence-electron chi connectivity index (χ2n) is 3.73. The lowest BCUT2D eigenvalue weighted by molar-refractivity contribution is -0.229. The van der Waals surface area contributed by atoms with Crippen LogP contribution in [0.1, 0.15) is 20.8 Å². The molecule has 0 N–H and O–H groups in total. The molecule has 0 aliphatic heterocycles. The van der Waals surface area contributed by atoms with Crippen LogP contribution in [0.3, 0.4) is 0 Å². The molecule has 9 heteroatoms. The van der Waals surface area contributed by atoms with Gasteiger partial charge in [0.1, 0.15) is 6.61 Å². The SMILES string of the molecule is COP(=O)([O-])OC[C@@](C)(COC(C)=O)OC(C)=O. The van der Waals surface area contributed by atoms with E-state index in [-0.39, 0.29) is 6.61 Å². The van der Waals surface area contributed by atoms with Crippen LogP contribution < -0.4 is 4.89 Å². The molecule has 0 aromatic carbocycles. The molecule has 0 rings (SSSR count). The van der Waals surface area contributed by atoms with E-state index in [4.69, 9.17) is 4.74 Å². The monoisotopic (exact) mass is 283 g/mol. The predicted octanol–water partition coefficient (Wildman–Crippen LogP) is 0.00270. The molecule has 0 fully saturated rings. The molecule has 2 atom stereocenters. The van der Waals surface area contributed by atoms with E-state index in [0.717, 1.165) is 14.0 Å². The first kappa shape index (κ1) is 17.1. The zero-order valence-electron chi connectivity index (χ0n) is 10.6.